The number of hydrogen-bond acceptors (Lipinski definition) is 6. The maximum Gasteiger partial charge on any atom is 0.264 e. The van der Waals surface area contributed by atoms with Gasteiger partial charge in [-0.25, -0.2) is 0 Å². The van der Waals surface area contributed by atoms with Gasteiger partial charge in [-0.3, -0.25) is 9.59 Å². The Bertz CT molecular complexity index is 954. The molecule has 0 spiro atoms. The fraction of sp³-hybridized carbons (Fsp3) is 0.704. The van der Waals surface area contributed by atoms with Crippen LogP contribution in [0.4, 0.5) is 0 Å². The summed E-state index contributed by atoms with van der Waals surface area (Å²) >= 11 is 0. The van der Waals surface area contributed by atoms with Gasteiger partial charge in [0.05, 0.1) is 19.3 Å². The molecular formula is C27H42N2O6. The second-order valence-electron chi connectivity index (χ2n) is 10.9. The van der Waals surface area contributed by atoms with E-state index in [2.05, 4.69) is 24.5 Å². The third-order valence-corrected chi connectivity index (χ3v) is 7.26. The number of aromatic hydroxyl groups is 1. The Morgan fingerprint density at radius 1 is 1.03 bits per heavy atom. The van der Waals surface area contributed by atoms with E-state index < -0.39 is 17.9 Å². The second-order valence-corrected chi connectivity index (χ2v) is 10.9. The van der Waals surface area contributed by atoms with Crippen molar-refractivity contribution in [2.45, 2.75) is 98.6 Å². The van der Waals surface area contributed by atoms with Gasteiger partial charge >= 0.3 is 0 Å². The third-order valence-electron chi connectivity index (χ3n) is 7.26. The fourth-order valence-corrected chi connectivity index (χ4v) is 4.86. The van der Waals surface area contributed by atoms with Crippen molar-refractivity contribution in [2.24, 2.45) is 11.8 Å². The van der Waals surface area contributed by atoms with E-state index in [0.29, 0.717) is 44.1 Å². The zero-order valence-corrected chi connectivity index (χ0v) is 22.4. The molecular weight excluding hydrogens is 448 g/mol. The predicted molar refractivity (Wildman–Crippen MR) is 134 cm³/mol. The van der Waals surface area contributed by atoms with Crippen LogP contribution in [-0.4, -0.2) is 54.1 Å². The molecule has 2 amide bonds. The molecule has 3 unspecified atom stereocenters. The van der Waals surface area contributed by atoms with Crippen LogP contribution in [0.5, 0.6) is 11.5 Å². The minimum absolute atomic E-state index is 0.133. The smallest absolute Gasteiger partial charge is 0.264 e. The van der Waals surface area contributed by atoms with E-state index in [9.17, 15) is 14.7 Å². The van der Waals surface area contributed by atoms with Crippen LogP contribution in [0.2, 0.25) is 0 Å². The number of benzene rings is 1. The summed E-state index contributed by atoms with van der Waals surface area (Å²) in [6, 6.07) is -1.03. The molecule has 1 saturated heterocycles. The highest BCUT2D eigenvalue weighted by Gasteiger charge is 2.43. The van der Waals surface area contributed by atoms with Crippen LogP contribution in [0.3, 0.4) is 0 Å². The van der Waals surface area contributed by atoms with Crippen LogP contribution in [-0.2, 0) is 25.5 Å². The Labute approximate surface area is 209 Å². The highest BCUT2D eigenvalue weighted by atomic mass is 16.7. The Balaban J connectivity index is 1.77. The quantitative estimate of drug-likeness (QED) is 0.515. The molecule has 2 aliphatic rings. The molecule has 3 atom stereocenters. The van der Waals surface area contributed by atoms with Crippen molar-refractivity contribution in [3.63, 3.8) is 0 Å². The topological polar surface area (TPSA) is 106 Å². The van der Waals surface area contributed by atoms with E-state index in [4.69, 9.17) is 14.2 Å². The lowest BCUT2D eigenvalue weighted by Crippen LogP contribution is -2.59. The van der Waals surface area contributed by atoms with E-state index in [1.54, 1.807) is 6.92 Å². The molecule has 0 saturated carbocycles. The Hall–Kier alpha value is -2.32. The van der Waals surface area contributed by atoms with Crippen LogP contribution in [0.1, 0.15) is 69.7 Å². The average molecular weight is 491 g/mol. The summed E-state index contributed by atoms with van der Waals surface area (Å²) in [5.74, 6) is 0.552. The van der Waals surface area contributed by atoms with Gasteiger partial charge in [-0.2, -0.15) is 0 Å². The molecule has 196 valence electrons. The third kappa shape index (κ3) is 5.75. The summed E-state index contributed by atoms with van der Waals surface area (Å²) in [5, 5.41) is 16.5. The summed E-state index contributed by atoms with van der Waals surface area (Å²) in [4.78, 5) is 26.8. The van der Waals surface area contributed by atoms with E-state index in [-0.39, 0.29) is 29.5 Å². The number of carbonyl (C=O) groups is 2. The number of fused-ring (bicyclic) bond motifs is 1. The molecule has 2 heterocycles. The van der Waals surface area contributed by atoms with Gasteiger partial charge in [-0.1, -0.05) is 27.7 Å². The summed E-state index contributed by atoms with van der Waals surface area (Å²) in [6.07, 6.45) is 1.27. The molecule has 2 aliphatic heterocycles. The van der Waals surface area contributed by atoms with Crippen LogP contribution >= 0.6 is 0 Å². The number of phenols is 1. The van der Waals surface area contributed by atoms with Crippen molar-refractivity contribution in [1.29, 1.82) is 0 Å². The first-order valence-electron chi connectivity index (χ1n) is 12.7. The molecule has 0 aromatic heterocycles. The van der Waals surface area contributed by atoms with Crippen LogP contribution < -0.4 is 15.4 Å². The molecule has 0 bridgehead atoms. The number of carbonyl (C=O) groups excluding carboxylic acids is 2. The van der Waals surface area contributed by atoms with Crippen molar-refractivity contribution in [3.8, 4) is 11.5 Å². The average Bonchev–Trinajstić information content (AvgIpc) is 3.33. The maximum absolute atomic E-state index is 13.5. The first-order chi connectivity index (χ1) is 16.4. The van der Waals surface area contributed by atoms with E-state index in [1.165, 1.54) is 0 Å². The summed E-state index contributed by atoms with van der Waals surface area (Å²) in [7, 11) is 0. The lowest BCUT2D eigenvalue weighted by molar-refractivity contribution is -0.142. The molecule has 8 heteroatoms. The van der Waals surface area contributed by atoms with Gasteiger partial charge in [-0.05, 0) is 69.1 Å². The van der Waals surface area contributed by atoms with Gasteiger partial charge in [0.15, 0.2) is 11.9 Å². The normalized spacial score (nSPS) is 22.0. The number of rotatable bonds is 8. The summed E-state index contributed by atoms with van der Waals surface area (Å²) in [5.41, 5.74) is 2.17. The second kappa shape index (κ2) is 10.7. The van der Waals surface area contributed by atoms with Gasteiger partial charge in [0, 0.05) is 12.0 Å². The van der Waals surface area contributed by atoms with E-state index >= 15 is 0 Å². The minimum Gasteiger partial charge on any atom is -0.507 e. The minimum atomic E-state index is -1.13. The zero-order valence-electron chi connectivity index (χ0n) is 22.4. The van der Waals surface area contributed by atoms with Crippen molar-refractivity contribution < 1.29 is 28.9 Å². The molecule has 35 heavy (non-hydrogen) atoms. The number of amides is 2. The van der Waals surface area contributed by atoms with E-state index in [1.807, 2.05) is 34.6 Å². The van der Waals surface area contributed by atoms with Gasteiger partial charge in [0.2, 0.25) is 5.91 Å². The summed E-state index contributed by atoms with van der Waals surface area (Å²) in [6.45, 7) is 16.4. The molecule has 3 rings (SSSR count). The fourth-order valence-electron chi connectivity index (χ4n) is 4.86. The van der Waals surface area contributed by atoms with Crippen molar-refractivity contribution in [3.05, 3.63) is 22.3 Å². The molecule has 8 nitrogen and oxygen atoms in total. The Morgan fingerprint density at radius 2 is 1.66 bits per heavy atom. The first kappa shape index (κ1) is 27.3. The molecule has 1 aromatic rings. The number of hydrogen-bond donors (Lipinski definition) is 3. The number of ether oxygens (including phenoxy) is 3. The SMILES string of the molecule is Cc1c(C)c2c(c(C)c1O)CCC(C)(C(=O)NC(C(=O)NC(CC(C)C)C1OCCO1)C(C)C)O2. The largest absolute Gasteiger partial charge is 0.507 e. The van der Waals surface area contributed by atoms with Gasteiger partial charge in [-0.15, -0.1) is 0 Å². The Morgan fingerprint density at radius 3 is 2.23 bits per heavy atom. The van der Waals surface area contributed by atoms with Crippen LogP contribution in [0.15, 0.2) is 0 Å². The summed E-state index contributed by atoms with van der Waals surface area (Å²) < 4.78 is 17.6. The van der Waals surface area contributed by atoms with Gasteiger partial charge < -0.3 is 30.0 Å². The highest BCUT2D eigenvalue weighted by molar-refractivity contribution is 5.92. The number of phenolic OH excluding ortho intramolecular Hbond substituents is 1. The standard InChI is InChI=1S/C27H42N2O6/c1-14(2)13-20(25-33-11-12-34-25)28-24(31)21(15(3)4)29-26(32)27(8)10-9-19-18(7)22(30)16(5)17(6)23(19)35-27/h14-15,20-21,25,30H,9-13H2,1-8H3,(H,28,31)(H,29,32). The first-order valence-corrected chi connectivity index (χ1v) is 12.7. The van der Waals surface area contributed by atoms with Crippen molar-refractivity contribution in [2.75, 3.05) is 13.2 Å². The van der Waals surface area contributed by atoms with Gasteiger partial charge in [0.1, 0.15) is 17.5 Å². The molecule has 1 aromatic carbocycles. The molecule has 1 fully saturated rings. The zero-order chi connectivity index (χ0) is 26.1. The molecule has 0 radical (unpaired) electrons. The monoisotopic (exact) mass is 490 g/mol. The molecule has 0 aliphatic carbocycles. The lowest BCUT2D eigenvalue weighted by Gasteiger charge is -2.38. The van der Waals surface area contributed by atoms with Crippen LogP contribution in [0.25, 0.3) is 0 Å². The molecule has 3 N–H and O–H groups in total. The van der Waals surface area contributed by atoms with Crippen molar-refractivity contribution in [1.82, 2.24) is 10.6 Å². The highest BCUT2D eigenvalue weighted by Crippen LogP contribution is 2.43. The van der Waals surface area contributed by atoms with E-state index in [0.717, 1.165) is 22.3 Å². The Kier molecular flexibility index (Phi) is 8.37. The predicted octanol–water partition coefficient (Wildman–Crippen LogP) is 3.45. The maximum atomic E-state index is 13.5. The van der Waals surface area contributed by atoms with Crippen molar-refractivity contribution >= 4 is 11.8 Å². The van der Waals surface area contributed by atoms with Gasteiger partial charge in [0.25, 0.3) is 5.91 Å². The lowest BCUT2D eigenvalue weighted by atomic mass is 9.86. The van der Waals surface area contributed by atoms with Crippen LogP contribution in [0, 0.1) is 32.6 Å². The number of nitrogens with one attached hydrogen (secondary N) is 2.